The molecule has 0 aliphatic heterocycles. The van der Waals surface area contributed by atoms with Gasteiger partial charge in [0.05, 0.1) is 10.5 Å². The Balaban J connectivity index is 1.56. The van der Waals surface area contributed by atoms with E-state index in [4.69, 9.17) is 16.0 Å². The Morgan fingerprint density at radius 3 is 2.62 bits per heavy atom. The van der Waals surface area contributed by atoms with Crippen LogP contribution in [0.1, 0.15) is 10.4 Å². The number of hydrogen-bond acceptors (Lipinski definition) is 6. The van der Waals surface area contributed by atoms with Crippen LogP contribution in [0.3, 0.4) is 0 Å². The number of non-ortho nitro benzene ring substituents is 1. The lowest BCUT2D eigenvalue weighted by Crippen LogP contribution is -2.13. The number of fused-ring (bicyclic) bond motifs is 1. The fourth-order valence-electron chi connectivity index (χ4n) is 2.62. The highest BCUT2D eigenvalue weighted by atomic mass is 35.5. The van der Waals surface area contributed by atoms with Crippen LogP contribution in [0.4, 0.5) is 11.7 Å². The fourth-order valence-corrected chi connectivity index (χ4v) is 3.73. The molecule has 0 aliphatic carbocycles. The van der Waals surface area contributed by atoms with Gasteiger partial charge in [-0.05, 0) is 42.5 Å². The molecule has 3 aromatic carbocycles. The Kier molecular flexibility index (Phi) is 5.20. The average molecular weight is 426 g/mol. The summed E-state index contributed by atoms with van der Waals surface area (Å²) < 4.78 is 5.54. The molecule has 0 saturated carbocycles. The van der Waals surface area contributed by atoms with Crippen LogP contribution in [0, 0.1) is 10.1 Å². The van der Waals surface area contributed by atoms with Crippen molar-refractivity contribution in [2.24, 2.45) is 0 Å². The van der Waals surface area contributed by atoms with E-state index in [1.165, 1.54) is 23.9 Å². The molecule has 1 N–H and O–H groups in total. The predicted octanol–water partition coefficient (Wildman–Crippen LogP) is 5.79. The topological polar surface area (TPSA) is 98.3 Å². The summed E-state index contributed by atoms with van der Waals surface area (Å²) in [5, 5.41) is 14.0. The van der Waals surface area contributed by atoms with Gasteiger partial charge in [-0.3, -0.25) is 20.2 Å². The van der Waals surface area contributed by atoms with Crippen molar-refractivity contribution in [3.63, 3.8) is 0 Å². The summed E-state index contributed by atoms with van der Waals surface area (Å²) in [5.74, 6) is -0.382. The molecule has 0 unspecified atom stereocenters. The molecule has 144 valence electrons. The lowest BCUT2D eigenvalue weighted by Gasteiger charge is -2.08. The minimum Gasteiger partial charge on any atom is -0.423 e. The molecule has 9 heteroatoms. The summed E-state index contributed by atoms with van der Waals surface area (Å²) in [5.41, 5.74) is 1.49. The highest BCUT2D eigenvalue weighted by molar-refractivity contribution is 7.99. The molecule has 0 saturated heterocycles. The molecule has 0 aliphatic rings. The van der Waals surface area contributed by atoms with Crippen molar-refractivity contribution < 1.29 is 14.1 Å². The molecule has 4 rings (SSSR count). The van der Waals surface area contributed by atoms with Gasteiger partial charge in [-0.2, -0.15) is 4.98 Å². The van der Waals surface area contributed by atoms with Crippen molar-refractivity contribution in [1.82, 2.24) is 4.98 Å². The summed E-state index contributed by atoms with van der Waals surface area (Å²) in [6.07, 6.45) is 0. The van der Waals surface area contributed by atoms with Gasteiger partial charge in [0.1, 0.15) is 5.52 Å². The van der Waals surface area contributed by atoms with E-state index in [0.29, 0.717) is 26.6 Å². The van der Waals surface area contributed by atoms with E-state index in [-0.39, 0.29) is 17.6 Å². The molecular weight excluding hydrogens is 414 g/mol. The van der Waals surface area contributed by atoms with Crippen LogP contribution in [0.15, 0.2) is 80.9 Å². The number of nitrogens with one attached hydrogen (secondary N) is 1. The number of oxazole rings is 1. The number of halogens is 1. The second kappa shape index (κ2) is 7.94. The lowest BCUT2D eigenvalue weighted by atomic mass is 10.2. The number of rotatable bonds is 5. The quantitative estimate of drug-likeness (QED) is 0.321. The first-order valence-electron chi connectivity index (χ1n) is 8.38. The average Bonchev–Trinajstić information content (AvgIpc) is 3.10. The number of carbonyl (C=O) groups is 1. The molecule has 1 amide bonds. The van der Waals surface area contributed by atoms with Gasteiger partial charge < -0.3 is 4.42 Å². The van der Waals surface area contributed by atoms with E-state index in [1.54, 1.807) is 48.5 Å². The first kappa shape index (κ1) is 19.0. The van der Waals surface area contributed by atoms with Crippen LogP contribution in [0.25, 0.3) is 11.1 Å². The fraction of sp³-hybridized carbons (Fsp3) is 0. The van der Waals surface area contributed by atoms with Gasteiger partial charge in [0.2, 0.25) is 0 Å². The largest absolute Gasteiger partial charge is 0.423 e. The van der Waals surface area contributed by atoms with Gasteiger partial charge in [-0.1, -0.05) is 35.5 Å². The molecule has 1 aromatic heterocycles. The van der Waals surface area contributed by atoms with Crippen molar-refractivity contribution >= 4 is 52.1 Å². The van der Waals surface area contributed by atoms with E-state index >= 15 is 0 Å². The number of amides is 1. The van der Waals surface area contributed by atoms with Gasteiger partial charge in [0.15, 0.2) is 5.58 Å². The Bertz CT molecular complexity index is 1220. The standard InChI is InChI=1S/C20H12ClN3O4S/c21-12-5-10-17-16(11-12)22-20(28-17)23-19(25)15-3-1-2-4-18(15)29-14-8-6-13(7-9-14)24(26)27/h1-11H,(H,22,23,25). The molecule has 0 fully saturated rings. The highest BCUT2D eigenvalue weighted by Gasteiger charge is 2.16. The maximum atomic E-state index is 12.8. The number of carbonyl (C=O) groups excluding carboxylic acids is 1. The maximum Gasteiger partial charge on any atom is 0.302 e. The van der Waals surface area contributed by atoms with Crippen LogP contribution >= 0.6 is 23.4 Å². The molecule has 0 spiro atoms. The van der Waals surface area contributed by atoms with E-state index in [9.17, 15) is 14.9 Å². The third kappa shape index (κ3) is 4.23. The Hall–Kier alpha value is -3.36. The van der Waals surface area contributed by atoms with E-state index in [0.717, 1.165) is 4.90 Å². The zero-order valence-corrected chi connectivity index (χ0v) is 16.2. The summed E-state index contributed by atoms with van der Waals surface area (Å²) in [6, 6.07) is 18.3. The molecule has 1 heterocycles. The molecular formula is C20H12ClN3O4S. The van der Waals surface area contributed by atoms with Crippen molar-refractivity contribution in [2.75, 3.05) is 5.32 Å². The third-order valence-electron chi connectivity index (χ3n) is 3.98. The molecule has 0 radical (unpaired) electrons. The number of nitro groups is 1. The van der Waals surface area contributed by atoms with E-state index < -0.39 is 4.92 Å². The zero-order valence-electron chi connectivity index (χ0n) is 14.7. The summed E-state index contributed by atoms with van der Waals surface area (Å²) in [7, 11) is 0. The number of benzene rings is 3. The Morgan fingerprint density at radius 2 is 1.86 bits per heavy atom. The minimum atomic E-state index is -0.455. The number of nitro benzene ring substituents is 1. The molecule has 4 aromatic rings. The third-order valence-corrected chi connectivity index (χ3v) is 5.30. The van der Waals surface area contributed by atoms with E-state index in [1.807, 2.05) is 6.07 Å². The van der Waals surface area contributed by atoms with Crippen molar-refractivity contribution in [3.8, 4) is 0 Å². The van der Waals surface area contributed by atoms with Crippen molar-refractivity contribution in [2.45, 2.75) is 9.79 Å². The van der Waals surface area contributed by atoms with Gasteiger partial charge >= 0.3 is 6.01 Å². The first-order valence-corrected chi connectivity index (χ1v) is 9.58. The van der Waals surface area contributed by atoms with Crippen molar-refractivity contribution in [1.29, 1.82) is 0 Å². The summed E-state index contributed by atoms with van der Waals surface area (Å²) in [4.78, 5) is 28.8. The first-order chi connectivity index (χ1) is 14.0. The van der Waals surface area contributed by atoms with Crippen LogP contribution in [0.2, 0.25) is 5.02 Å². The number of anilines is 1. The SMILES string of the molecule is O=C(Nc1nc2cc(Cl)ccc2o1)c1ccccc1Sc1ccc([N+](=O)[O-])cc1. The number of nitrogens with zero attached hydrogens (tertiary/aromatic N) is 2. The van der Waals surface area contributed by atoms with Crippen LogP contribution < -0.4 is 5.32 Å². The van der Waals surface area contributed by atoms with Gasteiger partial charge in [0, 0.05) is 26.9 Å². The normalized spacial score (nSPS) is 10.8. The molecule has 7 nitrogen and oxygen atoms in total. The number of aromatic nitrogens is 1. The maximum absolute atomic E-state index is 12.8. The van der Waals surface area contributed by atoms with E-state index in [2.05, 4.69) is 10.3 Å². The summed E-state index contributed by atoms with van der Waals surface area (Å²) >= 11 is 7.27. The Labute approximate surface area is 173 Å². The molecule has 29 heavy (non-hydrogen) atoms. The van der Waals surface area contributed by atoms with Crippen LogP contribution in [-0.2, 0) is 0 Å². The lowest BCUT2D eigenvalue weighted by molar-refractivity contribution is -0.384. The zero-order chi connectivity index (χ0) is 20.4. The monoisotopic (exact) mass is 425 g/mol. The summed E-state index contributed by atoms with van der Waals surface area (Å²) in [6.45, 7) is 0. The molecule has 0 atom stereocenters. The van der Waals surface area contributed by atoms with Crippen LogP contribution in [-0.4, -0.2) is 15.8 Å². The van der Waals surface area contributed by atoms with Gasteiger partial charge in [0.25, 0.3) is 11.6 Å². The predicted molar refractivity (Wildman–Crippen MR) is 111 cm³/mol. The van der Waals surface area contributed by atoms with Gasteiger partial charge in [-0.15, -0.1) is 0 Å². The van der Waals surface area contributed by atoms with Crippen molar-refractivity contribution in [3.05, 3.63) is 87.4 Å². The van der Waals surface area contributed by atoms with Gasteiger partial charge in [-0.25, -0.2) is 0 Å². The second-order valence-corrected chi connectivity index (χ2v) is 7.49. The Morgan fingerprint density at radius 1 is 1.10 bits per heavy atom. The second-order valence-electron chi connectivity index (χ2n) is 5.93. The number of hydrogen-bond donors (Lipinski definition) is 1. The smallest absolute Gasteiger partial charge is 0.302 e. The highest BCUT2D eigenvalue weighted by Crippen LogP contribution is 2.32. The van der Waals surface area contributed by atoms with Crippen LogP contribution in [0.5, 0.6) is 0 Å². The molecule has 0 bridgehead atoms. The minimum absolute atomic E-state index is 0.0106.